The van der Waals surface area contributed by atoms with Crippen LogP contribution >= 0.6 is 0 Å². The summed E-state index contributed by atoms with van der Waals surface area (Å²) in [6.07, 6.45) is 0. The van der Waals surface area contributed by atoms with Crippen molar-refractivity contribution >= 4 is 108 Å². The lowest BCUT2D eigenvalue weighted by Crippen LogP contribution is -2.11. The molecule has 2 aliphatic heterocycles. The van der Waals surface area contributed by atoms with Gasteiger partial charge in [-0.1, -0.05) is 121 Å². The molecule has 0 saturated carbocycles. The van der Waals surface area contributed by atoms with Crippen molar-refractivity contribution in [2.45, 2.75) is 0 Å². The predicted octanol–water partition coefficient (Wildman–Crippen LogP) is 14.4. The SMILES string of the molecule is c1cc2ccc3cc2c2c1OCCOc1ccc4ccc(cc4c12)c1ccc(cc1)c1ccc2ccc4c(c2c1)c1c(ccc2ccc(cc21)c1ccc3cc1)OCCO4. The molecule has 0 atom stereocenters. The van der Waals surface area contributed by atoms with Gasteiger partial charge in [0.15, 0.2) is 0 Å². The lowest BCUT2D eigenvalue weighted by molar-refractivity contribution is 0.218. The van der Waals surface area contributed by atoms with Gasteiger partial charge in [-0.3, -0.25) is 0 Å². The summed E-state index contributed by atoms with van der Waals surface area (Å²) in [5.74, 6) is 3.48. The van der Waals surface area contributed by atoms with Gasteiger partial charge in [-0.2, -0.15) is 0 Å². The molecule has 0 fully saturated rings. The van der Waals surface area contributed by atoms with Crippen molar-refractivity contribution in [2.24, 2.45) is 0 Å². The summed E-state index contributed by atoms with van der Waals surface area (Å²) in [6.45, 7) is 1.90. The Bertz CT molecular complexity index is 3250. The summed E-state index contributed by atoms with van der Waals surface area (Å²) < 4.78 is 25.9. The molecule has 0 N–H and O–H groups in total. The van der Waals surface area contributed by atoms with E-state index in [1.54, 1.807) is 0 Å². The number of rotatable bonds is 0. The van der Waals surface area contributed by atoms with E-state index in [9.17, 15) is 0 Å². The third-order valence-electron chi connectivity index (χ3n) is 12.7. The average Bonchev–Trinajstić information content (AvgIpc) is 3.29. The first-order valence-electron chi connectivity index (χ1n) is 20.7. The second-order valence-electron chi connectivity index (χ2n) is 16.0. The number of hydrogen-bond donors (Lipinski definition) is 0. The fourth-order valence-corrected chi connectivity index (χ4v) is 9.75. The van der Waals surface area contributed by atoms with Crippen molar-refractivity contribution in [3.63, 3.8) is 0 Å². The van der Waals surface area contributed by atoms with Crippen LogP contribution in [-0.4, -0.2) is 26.4 Å². The Balaban J connectivity index is 1.22. The van der Waals surface area contributed by atoms with Crippen LogP contribution in [-0.2, 0) is 0 Å². The van der Waals surface area contributed by atoms with E-state index in [-0.39, 0.29) is 0 Å². The summed E-state index contributed by atoms with van der Waals surface area (Å²) in [5, 5.41) is 22.5. The predicted molar refractivity (Wildman–Crippen MR) is 250 cm³/mol. The third-order valence-corrected chi connectivity index (χ3v) is 12.7. The molecule has 4 nitrogen and oxygen atoms in total. The molecule has 0 unspecified atom stereocenters. The number of hydrogen-bond acceptors (Lipinski definition) is 4. The third kappa shape index (κ3) is 5.17. The van der Waals surface area contributed by atoms with Crippen molar-refractivity contribution < 1.29 is 18.9 Å². The molecule has 2 heterocycles. The molecule has 284 valence electrons. The zero-order valence-electron chi connectivity index (χ0n) is 32.6. The second-order valence-corrected chi connectivity index (χ2v) is 16.0. The molecule has 16 rings (SSSR count). The minimum absolute atomic E-state index is 0.474. The highest BCUT2D eigenvalue weighted by atomic mass is 16.5. The maximum atomic E-state index is 6.47. The smallest absolute Gasteiger partial charge is 0.128 e. The minimum atomic E-state index is 0.474. The fraction of sp³-hybridized carbons (Fsp3) is 0.0714. The highest BCUT2D eigenvalue weighted by Crippen LogP contribution is 2.44. The van der Waals surface area contributed by atoms with Crippen LogP contribution in [0.25, 0.3) is 108 Å². The van der Waals surface area contributed by atoms with Gasteiger partial charge in [0, 0.05) is 21.5 Å². The Morgan fingerprint density at radius 2 is 0.383 bits per heavy atom. The van der Waals surface area contributed by atoms with Crippen LogP contribution in [0.4, 0.5) is 0 Å². The van der Waals surface area contributed by atoms with Gasteiger partial charge >= 0.3 is 0 Å². The van der Waals surface area contributed by atoms with E-state index in [0.717, 1.165) is 131 Å². The summed E-state index contributed by atoms with van der Waals surface area (Å²) in [5.41, 5.74) is 0. The van der Waals surface area contributed by atoms with Crippen molar-refractivity contribution in [3.8, 4) is 23.0 Å². The Morgan fingerprint density at radius 1 is 0.200 bits per heavy atom. The van der Waals surface area contributed by atoms with Crippen molar-refractivity contribution in [3.05, 3.63) is 170 Å². The van der Waals surface area contributed by atoms with E-state index < -0.39 is 0 Å². The molecular weight excluding hydrogens is 737 g/mol. The molecule has 0 saturated heterocycles. The van der Waals surface area contributed by atoms with Crippen LogP contribution in [0, 0.1) is 0 Å². The topological polar surface area (TPSA) is 36.9 Å². The van der Waals surface area contributed by atoms with Gasteiger partial charge in [-0.25, -0.2) is 0 Å². The molecule has 0 aromatic heterocycles. The van der Waals surface area contributed by atoms with Crippen molar-refractivity contribution in [1.29, 1.82) is 0 Å². The van der Waals surface area contributed by atoms with Gasteiger partial charge in [-0.15, -0.1) is 0 Å². The Hall–Kier alpha value is -7.56. The first-order chi connectivity index (χ1) is 29.7. The summed E-state index contributed by atoms with van der Waals surface area (Å²) in [7, 11) is 0. The Labute approximate surface area is 344 Å². The largest absolute Gasteiger partial charge is 0.489 e. The first-order valence-corrected chi connectivity index (χ1v) is 20.7. The molecule has 0 aliphatic carbocycles. The maximum Gasteiger partial charge on any atom is 0.128 e. The molecule has 0 amide bonds. The van der Waals surface area contributed by atoms with E-state index in [1.165, 1.54) is 0 Å². The molecule has 60 heavy (non-hydrogen) atoms. The van der Waals surface area contributed by atoms with Crippen LogP contribution in [0.5, 0.6) is 23.0 Å². The van der Waals surface area contributed by atoms with E-state index in [1.807, 2.05) is 0 Å². The molecule has 0 spiro atoms. The molecular formula is C56H36O4. The lowest BCUT2D eigenvalue weighted by atomic mass is 9.95. The lowest BCUT2D eigenvalue weighted by Gasteiger charge is -2.19. The van der Waals surface area contributed by atoms with E-state index in [0.29, 0.717) is 26.4 Å². The average molecular weight is 773 g/mol. The molecule has 12 bridgehead atoms. The number of ether oxygens (including phenoxy) is 4. The molecule has 4 heteroatoms. The van der Waals surface area contributed by atoms with Gasteiger partial charge in [0.25, 0.3) is 0 Å². The van der Waals surface area contributed by atoms with Gasteiger partial charge in [0.2, 0.25) is 0 Å². The standard InChI is InChI=1S/C56H36O4/c1-2-34-4-3-33(1)41-13-9-37-17-21-49-53(45(37)29-41)55-47-31-43(15-11-39(47)19-23-51(55)59-26-25-57-49)35-5-7-36(8-6-35)44-16-12-40-20-24-52-56(48(40)32-44)54-46-30-42(34)14-10-38(46)18-22-50(54)58-27-28-60-52/h1-24,29-32H,25-28H2. The maximum absolute atomic E-state index is 6.47. The summed E-state index contributed by atoms with van der Waals surface area (Å²) >= 11 is 0. The van der Waals surface area contributed by atoms with E-state index >= 15 is 0 Å². The van der Waals surface area contributed by atoms with Crippen LogP contribution in [0.2, 0.25) is 0 Å². The van der Waals surface area contributed by atoms with Crippen molar-refractivity contribution in [2.75, 3.05) is 26.4 Å². The van der Waals surface area contributed by atoms with Crippen LogP contribution < -0.4 is 18.9 Å². The number of benzene rings is 10. The summed E-state index contributed by atoms with van der Waals surface area (Å²) in [6, 6.07) is 62.2. The van der Waals surface area contributed by atoms with Gasteiger partial charge < -0.3 is 18.9 Å². The highest BCUT2D eigenvalue weighted by molar-refractivity contribution is 6.23. The van der Waals surface area contributed by atoms with Gasteiger partial charge in [-0.05, 0) is 135 Å². The molecule has 14 aromatic rings. The zero-order chi connectivity index (χ0) is 39.3. The quantitative estimate of drug-likeness (QED) is 0.154. The normalized spacial score (nSPS) is 13.6. The first kappa shape index (κ1) is 33.4. The molecule has 2 aliphatic rings. The Kier molecular flexibility index (Phi) is 7.23. The van der Waals surface area contributed by atoms with E-state index in [2.05, 4.69) is 170 Å². The molecule has 14 aromatic carbocycles. The fourth-order valence-electron chi connectivity index (χ4n) is 9.75. The summed E-state index contributed by atoms with van der Waals surface area (Å²) in [4.78, 5) is 0. The second kappa shape index (κ2) is 13.0. The van der Waals surface area contributed by atoms with Crippen LogP contribution in [0.1, 0.15) is 0 Å². The monoisotopic (exact) mass is 772 g/mol. The molecule has 0 radical (unpaired) electrons. The van der Waals surface area contributed by atoms with Gasteiger partial charge in [0.1, 0.15) is 49.4 Å². The highest BCUT2D eigenvalue weighted by Gasteiger charge is 2.18. The van der Waals surface area contributed by atoms with Crippen molar-refractivity contribution in [1.82, 2.24) is 0 Å². The van der Waals surface area contributed by atoms with Crippen LogP contribution in [0.3, 0.4) is 0 Å². The van der Waals surface area contributed by atoms with E-state index in [4.69, 9.17) is 18.9 Å². The zero-order valence-corrected chi connectivity index (χ0v) is 32.6. The minimum Gasteiger partial charge on any atom is -0.489 e. The van der Waals surface area contributed by atoms with Gasteiger partial charge in [0.05, 0.1) is 0 Å². The Morgan fingerprint density at radius 3 is 0.617 bits per heavy atom. The van der Waals surface area contributed by atoms with Crippen LogP contribution in [0.15, 0.2) is 170 Å².